The Bertz CT molecular complexity index is 1170. The second kappa shape index (κ2) is 7.75. The molecule has 0 fully saturated rings. The summed E-state index contributed by atoms with van der Waals surface area (Å²) < 4.78 is 6.92. The molecule has 1 N–H and O–H groups in total. The average Bonchev–Trinajstić information content (AvgIpc) is 3.06. The van der Waals surface area contributed by atoms with Crippen molar-refractivity contribution in [1.29, 1.82) is 0 Å². The van der Waals surface area contributed by atoms with E-state index in [1.54, 1.807) is 18.4 Å². The van der Waals surface area contributed by atoms with E-state index < -0.39 is 0 Å². The molecule has 4 aromatic rings. The number of carbonyl (C=O) groups excluding carboxylic acids is 1. The maximum atomic E-state index is 12.6. The Hall–Kier alpha value is -3.67. The van der Waals surface area contributed by atoms with Gasteiger partial charge in [-0.1, -0.05) is 48.0 Å². The van der Waals surface area contributed by atoms with E-state index in [4.69, 9.17) is 9.72 Å². The third-order valence-electron chi connectivity index (χ3n) is 4.65. The summed E-state index contributed by atoms with van der Waals surface area (Å²) in [4.78, 5) is 17.4. The molecule has 146 valence electrons. The van der Waals surface area contributed by atoms with E-state index in [-0.39, 0.29) is 5.97 Å². The normalized spacial score (nSPS) is 10.9. The molecule has 2 aromatic heterocycles. The molecule has 0 unspecified atom stereocenters. The summed E-state index contributed by atoms with van der Waals surface area (Å²) in [6.07, 6.45) is 0. The van der Waals surface area contributed by atoms with Crippen LogP contribution in [0.3, 0.4) is 0 Å². The van der Waals surface area contributed by atoms with Gasteiger partial charge in [0.1, 0.15) is 5.56 Å². The maximum Gasteiger partial charge on any atom is 0.342 e. The van der Waals surface area contributed by atoms with Crippen molar-refractivity contribution in [3.63, 3.8) is 0 Å². The van der Waals surface area contributed by atoms with Crippen LogP contribution < -0.4 is 5.32 Å². The van der Waals surface area contributed by atoms with Gasteiger partial charge in [0.15, 0.2) is 0 Å². The molecule has 4 rings (SSSR count). The molecule has 29 heavy (non-hydrogen) atoms. The molecule has 6 heteroatoms. The number of fused-ring (bicyclic) bond motifs is 1. The molecule has 0 saturated carbocycles. The Labute approximate surface area is 169 Å². The molecule has 0 atom stereocenters. The molecule has 0 saturated heterocycles. The predicted molar refractivity (Wildman–Crippen MR) is 114 cm³/mol. The van der Waals surface area contributed by atoms with Crippen LogP contribution in [0.15, 0.2) is 60.7 Å². The minimum Gasteiger partial charge on any atom is -0.462 e. The van der Waals surface area contributed by atoms with Gasteiger partial charge in [-0.3, -0.25) is 0 Å². The van der Waals surface area contributed by atoms with Crippen molar-refractivity contribution in [3.05, 3.63) is 77.5 Å². The monoisotopic (exact) mass is 386 g/mol. The number of hydrogen-bond donors (Lipinski definition) is 1. The van der Waals surface area contributed by atoms with E-state index in [9.17, 15) is 4.79 Å². The predicted octanol–water partition coefficient (Wildman–Crippen LogP) is 4.93. The number of para-hydroxylation sites is 1. The second-order valence-electron chi connectivity index (χ2n) is 6.80. The molecular weight excluding hydrogens is 364 g/mol. The van der Waals surface area contributed by atoms with Gasteiger partial charge < -0.3 is 10.1 Å². The summed E-state index contributed by atoms with van der Waals surface area (Å²) in [7, 11) is 0. The molecule has 0 bridgehead atoms. The van der Waals surface area contributed by atoms with Gasteiger partial charge in [0.2, 0.25) is 5.95 Å². The summed E-state index contributed by atoms with van der Waals surface area (Å²) in [5, 5.41) is 7.87. The summed E-state index contributed by atoms with van der Waals surface area (Å²) >= 11 is 0. The van der Waals surface area contributed by atoms with E-state index in [1.165, 1.54) is 5.56 Å². The zero-order valence-corrected chi connectivity index (χ0v) is 16.6. The number of nitrogens with one attached hydrogen (secondary N) is 1. The van der Waals surface area contributed by atoms with Crippen molar-refractivity contribution < 1.29 is 9.53 Å². The first kappa shape index (κ1) is 18.7. The number of aryl methyl sites for hydroxylation is 2. The molecule has 0 spiro atoms. The van der Waals surface area contributed by atoms with Gasteiger partial charge in [0.25, 0.3) is 0 Å². The topological polar surface area (TPSA) is 68.5 Å². The highest BCUT2D eigenvalue weighted by atomic mass is 16.5. The van der Waals surface area contributed by atoms with Crippen LogP contribution in [-0.2, 0) is 4.74 Å². The van der Waals surface area contributed by atoms with Crippen molar-refractivity contribution >= 4 is 23.1 Å². The third-order valence-corrected chi connectivity index (χ3v) is 4.65. The fraction of sp³-hybridized carbons (Fsp3) is 0.174. The first-order chi connectivity index (χ1) is 14.1. The van der Waals surface area contributed by atoms with E-state index in [2.05, 4.69) is 10.4 Å². The van der Waals surface area contributed by atoms with Crippen LogP contribution in [0.2, 0.25) is 0 Å². The number of hydrogen-bond acceptors (Lipinski definition) is 5. The zero-order valence-electron chi connectivity index (χ0n) is 16.6. The van der Waals surface area contributed by atoms with Gasteiger partial charge in [0.05, 0.1) is 23.5 Å². The SMILES string of the molecule is CCOC(=O)c1c(C)nn2c(Nc3ccccc3)nc(-c3ccc(C)cc3)cc12. The summed E-state index contributed by atoms with van der Waals surface area (Å²) in [5.74, 6) is 0.148. The average molecular weight is 386 g/mol. The van der Waals surface area contributed by atoms with Crippen molar-refractivity contribution in [3.8, 4) is 11.3 Å². The minimum atomic E-state index is -0.383. The van der Waals surface area contributed by atoms with Crippen LogP contribution >= 0.6 is 0 Å². The van der Waals surface area contributed by atoms with Gasteiger partial charge in [-0.05, 0) is 39.0 Å². The first-order valence-electron chi connectivity index (χ1n) is 9.53. The number of aromatic nitrogens is 3. The Balaban J connectivity index is 1.93. The lowest BCUT2D eigenvalue weighted by Gasteiger charge is -2.11. The van der Waals surface area contributed by atoms with Crippen LogP contribution in [0.4, 0.5) is 11.6 Å². The van der Waals surface area contributed by atoms with Crippen molar-refractivity contribution in [2.45, 2.75) is 20.8 Å². The molecule has 0 aliphatic carbocycles. The number of nitrogens with zero attached hydrogens (tertiary/aromatic N) is 3. The van der Waals surface area contributed by atoms with Gasteiger partial charge in [-0.25, -0.2) is 9.78 Å². The highest BCUT2D eigenvalue weighted by molar-refractivity contribution is 5.99. The Morgan fingerprint density at radius 1 is 1.07 bits per heavy atom. The van der Waals surface area contributed by atoms with Gasteiger partial charge in [0, 0.05) is 11.3 Å². The van der Waals surface area contributed by atoms with Gasteiger partial charge in [-0.2, -0.15) is 9.61 Å². The second-order valence-corrected chi connectivity index (χ2v) is 6.80. The highest BCUT2D eigenvalue weighted by Gasteiger charge is 2.21. The van der Waals surface area contributed by atoms with E-state index in [0.29, 0.717) is 29.3 Å². The summed E-state index contributed by atoms with van der Waals surface area (Å²) in [6, 6.07) is 19.8. The Morgan fingerprint density at radius 3 is 2.48 bits per heavy atom. The first-order valence-corrected chi connectivity index (χ1v) is 9.53. The number of carbonyl (C=O) groups is 1. The lowest BCUT2D eigenvalue weighted by Crippen LogP contribution is -2.07. The molecular formula is C23H22N4O2. The molecule has 0 radical (unpaired) electrons. The number of anilines is 2. The van der Waals surface area contributed by atoms with E-state index >= 15 is 0 Å². The molecule has 6 nitrogen and oxygen atoms in total. The van der Waals surface area contributed by atoms with Crippen molar-refractivity contribution in [2.75, 3.05) is 11.9 Å². The minimum absolute atomic E-state index is 0.306. The van der Waals surface area contributed by atoms with Crippen LogP contribution in [0, 0.1) is 13.8 Å². The quantitative estimate of drug-likeness (QED) is 0.492. The Kier molecular flexibility index (Phi) is 4.99. The fourth-order valence-corrected chi connectivity index (χ4v) is 3.22. The lowest BCUT2D eigenvalue weighted by atomic mass is 10.1. The summed E-state index contributed by atoms with van der Waals surface area (Å²) in [5.41, 5.74) is 5.48. The van der Waals surface area contributed by atoms with Crippen LogP contribution in [0.1, 0.15) is 28.5 Å². The number of esters is 1. The fourth-order valence-electron chi connectivity index (χ4n) is 3.22. The number of benzene rings is 2. The lowest BCUT2D eigenvalue weighted by molar-refractivity contribution is 0.0528. The zero-order chi connectivity index (χ0) is 20.4. The molecule has 2 aromatic carbocycles. The largest absolute Gasteiger partial charge is 0.462 e. The van der Waals surface area contributed by atoms with Gasteiger partial charge in [-0.15, -0.1) is 0 Å². The molecule has 0 aliphatic rings. The molecule has 0 aliphatic heterocycles. The molecule has 0 amide bonds. The number of ether oxygens (including phenoxy) is 1. The Morgan fingerprint density at radius 2 is 1.79 bits per heavy atom. The van der Waals surface area contributed by atoms with E-state index in [1.807, 2.05) is 67.6 Å². The highest BCUT2D eigenvalue weighted by Crippen LogP contribution is 2.27. The number of rotatable bonds is 5. The van der Waals surface area contributed by atoms with Crippen LogP contribution in [0.25, 0.3) is 16.8 Å². The maximum absolute atomic E-state index is 12.6. The summed E-state index contributed by atoms with van der Waals surface area (Å²) in [6.45, 7) is 5.94. The van der Waals surface area contributed by atoms with Crippen LogP contribution in [0.5, 0.6) is 0 Å². The standard InChI is InChI=1S/C23H22N4O2/c1-4-29-22(28)21-16(3)26-27-20(21)14-19(17-12-10-15(2)11-13-17)25-23(27)24-18-8-6-5-7-9-18/h5-14H,4H2,1-3H3,(H,24,25). The van der Waals surface area contributed by atoms with Crippen molar-refractivity contribution in [1.82, 2.24) is 14.6 Å². The van der Waals surface area contributed by atoms with Crippen molar-refractivity contribution in [2.24, 2.45) is 0 Å². The van der Waals surface area contributed by atoms with E-state index in [0.717, 1.165) is 16.9 Å². The third kappa shape index (κ3) is 3.69. The van der Waals surface area contributed by atoms with Crippen LogP contribution in [-0.4, -0.2) is 27.2 Å². The van der Waals surface area contributed by atoms with Gasteiger partial charge >= 0.3 is 5.97 Å². The smallest absolute Gasteiger partial charge is 0.342 e. The molecule has 2 heterocycles.